The van der Waals surface area contributed by atoms with E-state index in [9.17, 15) is 4.79 Å². The zero-order chi connectivity index (χ0) is 12.3. The Bertz CT molecular complexity index is 398. The molecule has 1 unspecified atom stereocenters. The summed E-state index contributed by atoms with van der Waals surface area (Å²) in [5, 5.41) is 16.7. The van der Waals surface area contributed by atoms with Gasteiger partial charge in [0, 0.05) is 20.1 Å². The maximum atomic E-state index is 11.0. The van der Waals surface area contributed by atoms with Crippen LogP contribution in [0.15, 0.2) is 0 Å². The minimum atomic E-state index is -1.05. The fraction of sp³-hybridized carbons (Fsp3) is 0.700. The summed E-state index contributed by atoms with van der Waals surface area (Å²) in [6.45, 7) is 1.68. The predicted molar refractivity (Wildman–Crippen MR) is 57.0 cm³/mol. The van der Waals surface area contributed by atoms with Gasteiger partial charge >= 0.3 is 5.97 Å². The standard InChI is InChI=1S/C10H15N3O4/c1-16-4-3-8-9(10(14)15)11-12-13(8)7-2-5-17-6-7/h7H,2-6H2,1H3,(H,14,15). The van der Waals surface area contributed by atoms with Crippen LogP contribution in [0.2, 0.25) is 0 Å². The Morgan fingerprint density at radius 3 is 3.12 bits per heavy atom. The lowest BCUT2D eigenvalue weighted by atomic mass is 10.2. The Labute approximate surface area is 98.3 Å². The summed E-state index contributed by atoms with van der Waals surface area (Å²) in [6, 6.07) is 0.0856. The normalized spacial score (nSPS) is 19.7. The van der Waals surface area contributed by atoms with Gasteiger partial charge in [-0.25, -0.2) is 9.48 Å². The number of hydrogen-bond donors (Lipinski definition) is 1. The summed E-state index contributed by atoms with van der Waals surface area (Å²) in [4.78, 5) is 11.0. The Morgan fingerprint density at radius 2 is 2.53 bits per heavy atom. The molecule has 1 atom stereocenters. The molecule has 0 spiro atoms. The van der Waals surface area contributed by atoms with Gasteiger partial charge in [0.1, 0.15) is 0 Å². The van der Waals surface area contributed by atoms with E-state index in [1.54, 1.807) is 11.8 Å². The molecule has 94 valence electrons. The van der Waals surface area contributed by atoms with E-state index in [4.69, 9.17) is 14.6 Å². The van der Waals surface area contributed by atoms with Gasteiger partial charge in [-0.3, -0.25) is 0 Å². The average Bonchev–Trinajstić information content (AvgIpc) is 2.94. The van der Waals surface area contributed by atoms with Gasteiger partial charge in [0.2, 0.25) is 0 Å². The molecule has 1 aromatic heterocycles. The number of carboxylic acid groups (broad SMARTS) is 1. The molecule has 17 heavy (non-hydrogen) atoms. The quantitative estimate of drug-likeness (QED) is 0.788. The summed E-state index contributed by atoms with van der Waals surface area (Å²) in [5.41, 5.74) is 0.615. The highest BCUT2D eigenvalue weighted by Crippen LogP contribution is 2.21. The van der Waals surface area contributed by atoms with Gasteiger partial charge in [-0.05, 0) is 6.42 Å². The molecule has 0 aliphatic carbocycles. The van der Waals surface area contributed by atoms with Crippen molar-refractivity contribution in [1.29, 1.82) is 0 Å². The molecule has 0 saturated carbocycles. The molecule has 1 aromatic rings. The molecular weight excluding hydrogens is 226 g/mol. The number of methoxy groups -OCH3 is 1. The molecule has 1 saturated heterocycles. The van der Waals surface area contributed by atoms with E-state index < -0.39 is 5.97 Å². The zero-order valence-electron chi connectivity index (χ0n) is 9.63. The van der Waals surface area contributed by atoms with Crippen LogP contribution in [-0.2, 0) is 15.9 Å². The molecule has 7 nitrogen and oxygen atoms in total. The molecule has 1 aliphatic rings. The molecule has 7 heteroatoms. The highest BCUT2D eigenvalue weighted by molar-refractivity contribution is 5.86. The fourth-order valence-electron chi connectivity index (χ4n) is 1.92. The molecule has 2 heterocycles. The first-order valence-electron chi connectivity index (χ1n) is 5.48. The van der Waals surface area contributed by atoms with Gasteiger partial charge in [0.05, 0.1) is 24.9 Å². The van der Waals surface area contributed by atoms with Crippen LogP contribution in [0.1, 0.15) is 28.6 Å². The number of nitrogens with zero attached hydrogens (tertiary/aromatic N) is 3. The number of ether oxygens (including phenoxy) is 2. The van der Waals surface area contributed by atoms with Crippen molar-refractivity contribution in [1.82, 2.24) is 15.0 Å². The largest absolute Gasteiger partial charge is 0.476 e. The molecule has 1 N–H and O–H groups in total. The van der Waals surface area contributed by atoms with Crippen LogP contribution in [0.3, 0.4) is 0 Å². The van der Waals surface area contributed by atoms with Gasteiger partial charge < -0.3 is 14.6 Å². The van der Waals surface area contributed by atoms with Crippen LogP contribution >= 0.6 is 0 Å². The molecule has 1 fully saturated rings. The summed E-state index contributed by atoms with van der Waals surface area (Å²) in [7, 11) is 1.58. The minimum absolute atomic E-state index is 0.00829. The minimum Gasteiger partial charge on any atom is -0.476 e. The summed E-state index contributed by atoms with van der Waals surface area (Å²) >= 11 is 0. The van der Waals surface area contributed by atoms with E-state index in [1.165, 1.54) is 0 Å². The SMILES string of the molecule is COCCc1c(C(=O)O)nnn1C1CCOC1. The van der Waals surface area contributed by atoms with E-state index in [1.807, 2.05) is 0 Å². The van der Waals surface area contributed by atoms with Crippen LogP contribution in [0, 0.1) is 0 Å². The van der Waals surface area contributed by atoms with Gasteiger partial charge in [0.15, 0.2) is 5.69 Å². The zero-order valence-corrected chi connectivity index (χ0v) is 9.63. The first-order chi connectivity index (χ1) is 8.24. The van der Waals surface area contributed by atoms with E-state index in [2.05, 4.69) is 10.3 Å². The predicted octanol–water partition coefficient (Wildman–Crippen LogP) is 0.127. The van der Waals surface area contributed by atoms with E-state index in [0.717, 1.165) is 6.42 Å². The molecule has 0 radical (unpaired) electrons. The highest BCUT2D eigenvalue weighted by atomic mass is 16.5. The number of aromatic carboxylic acids is 1. The second-order valence-electron chi connectivity index (χ2n) is 3.89. The first kappa shape index (κ1) is 12.0. The van der Waals surface area contributed by atoms with E-state index >= 15 is 0 Å². The molecule has 0 amide bonds. The smallest absolute Gasteiger partial charge is 0.358 e. The molecule has 2 rings (SSSR count). The third-order valence-corrected chi connectivity index (χ3v) is 2.79. The number of carbonyl (C=O) groups is 1. The highest BCUT2D eigenvalue weighted by Gasteiger charge is 2.26. The maximum absolute atomic E-state index is 11.0. The third kappa shape index (κ3) is 2.45. The van der Waals surface area contributed by atoms with E-state index in [-0.39, 0.29) is 11.7 Å². The average molecular weight is 241 g/mol. The summed E-state index contributed by atoms with van der Waals surface area (Å²) in [5.74, 6) is -1.05. The third-order valence-electron chi connectivity index (χ3n) is 2.79. The molecule has 0 aromatic carbocycles. The van der Waals surface area contributed by atoms with Crippen molar-refractivity contribution < 1.29 is 19.4 Å². The maximum Gasteiger partial charge on any atom is 0.358 e. The topological polar surface area (TPSA) is 86.5 Å². The van der Waals surface area contributed by atoms with Gasteiger partial charge in [0.25, 0.3) is 0 Å². The Morgan fingerprint density at radius 1 is 1.71 bits per heavy atom. The Kier molecular flexibility index (Phi) is 3.70. The Balaban J connectivity index is 2.26. The van der Waals surface area contributed by atoms with Crippen molar-refractivity contribution in [3.8, 4) is 0 Å². The van der Waals surface area contributed by atoms with Gasteiger partial charge in [-0.15, -0.1) is 5.10 Å². The summed E-state index contributed by atoms with van der Waals surface area (Å²) < 4.78 is 11.9. The van der Waals surface area contributed by atoms with Crippen LogP contribution in [0.25, 0.3) is 0 Å². The molecule has 1 aliphatic heterocycles. The van der Waals surface area contributed by atoms with Crippen molar-refractivity contribution in [2.45, 2.75) is 18.9 Å². The lowest BCUT2D eigenvalue weighted by Gasteiger charge is -2.11. The first-order valence-corrected chi connectivity index (χ1v) is 5.48. The van der Waals surface area contributed by atoms with Crippen LogP contribution in [0.5, 0.6) is 0 Å². The molecular formula is C10H15N3O4. The van der Waals surface area contributed by atoms with Crippen LogP contribution < -0.4 is 0 Å². The number of aromatic nitrogens is 3. The summed E-state index contributed by atoms with van der Waals surface area (Å²) in [6.07, 6.45) is 1.32. The van der Waals surface area contributed by atoms with Crippen LogP contribution in [0.4, 0.5) is 0 Å². The second-order valence-corrected chi connectivity index (χ2v) is 3.89. The van der Waals surface area contributed by atoms with Crippen molar-refractivity contribution in [2.24, 2.45) is 0 Å². The van der Waals surface area contributed by atoms with Crippen molar-refractivity contribution in [3.05, 3.63) is 11.4 Å². The monoisotopic (exact) mass is 241 g/mol. The Hall–Kier alpha value is -1.47. The molecule has 0 bridgehead atoms. The van der Waals surface area contributed by atoms with Crippen molar-refractivity contribution in [2.75, 3.05) is 26.9 Å². The van der Waals surface area contributed by atoms with E-state index in [0.29, 0.717) is 31.9 Å². The number of carboxylic acids is 1. The van der Waals surface area contributed by atoms with Crippen LogP contribution in [-0.4, -0.2) is 53.0 Å². The fourth-order valence-corrected chi connectivity index (χ4v) is 1.92. The number of rotatable bonds is 5. The lowest BCUT2D eigenvalue weighted by Crippen LogP contribution is -2.16. The van der Waals surface area contributed by atoms with Gasteiger partial charge in [-0.2, -0.15) is 0 Å². The second kappa shape index (κ2) is 5.24. The number of hydrogen-bond acceptors (Lipinski definition) is 5. The van der Waals surface area contributed by atoms with Gasteiger partial charge in [-0.1, -0.05) is 5.21 Å². The lowest BCUT2D eigenvalue weighted by molar-refractivity contribution is 0.0688. The van der Waals surface area contributed by atoms with Crippen molar-refractivity contribution in [3.63, 3.8) is 0 Å². The van der Waals surface area contributed by atoms with Crippen molar-refractivity contribution >= 4 is 5.97 Å².